The Morgan fingerprint density at radius 3 is 2.23 bits per heavy atom. The topological polar surface area (TPSA) is 52.7 Å². The summed E-state index contributed by atoms with van der Waals surface area (Å²) >= 11 is 0. The van der Waals surface area contributed by atoms with E-state index in [0.29, 0.717) is 18.4 Å². The standard InChI is InChI=1S/C21H33N3O2/c1-17(2)14-20(18(3)25)22-21(26)13-11-9-7-6-8-10-12-19-15-23(4)16-24(19)5/h6-13,17,19-20H,14-16H2,1-5H3,(H,22,26)/t19?,20-/m0/s1. The summed E-state index contributed by atoms with van der Waals surface area (Å²) in [5.74, 6) is 0.105. The molecular formula is C21H33N3O2. The van der Waals surface area contributed by atoms with E-state index in [9.17, 15) is 9.59 Å². The summed E-state index contributed by atoms with van der Waals surface area (Å²) in [7, 11) is 4.24. The first-order valence-corrected chi connectivity index (χ1v) is 9.17. The number of nitrogens with zero attached hydrogens (tertiary/aromatic N) is 2. The highest BCUT2D eigenvalue weighted by Crippen LogP contribution is 2.09. The smallest absolute Gasteiger partial charge is 0.244 e. The molecule has 5 nitrogen and oxygen atoms in total. The van der Waals surface area contributed by atoms with Crippen molar-refractivity contribution in [3.8, 4) is 0 Å². The molecule has 2 atom stereocenters. The van der Waals surface area contributed by atoms with Gasteiger partial charge in [0.25, 0.3) is 0 Å². The lowest BCUT2D eigenvalue weighted by atomic mass is 10.0. The van der Waals surface area contributed by atoms with Gasteiger partial charge in [-0.3, -0.25) is 19.4 Å². The van der Waals surface area contributed by atoms with Gasteiger partial charge < -0.3 is 5.32 Å². The van der Waals surface area contributed by atoms with Gasteiger partial charge in [0, 0.05) is 18.7 Å². The molecule has 1 aliphatic heterocycles. The second-order valence-electron chi connectivity index (χ2n) is 7.32. The van der Waals surface area contributed by atoms with Gasteiger partial charge in [-0.15, -0.1) is 0 Å². The Bertz CT molecular complexity index is 576. The lowest BCUT2D eigenvalue weighted by Crippen LogP contribution is -2.39. The zero-order valence-electron chi connectivity index (χ0n) is 16.7. The average molecular weight is 360 g/mol. The molecule has 26 heavy (non-hydrogen) atoms. The fourth-order valence-electron chi connectivity index (χ4n) is 2.82. The van der Waals surface area contributed by atoms with Crippen LogP contribution in [0.3, 0.4) is 0 Å². The molecule has 0 bridgehead atoms. The minimum absolute atomic E-state index is 0.00943. The van der Waals surface area contributed by atoms with Gasteiger partial charge in [-0.1, -0.05) is 56.4 Å². The van der Waals surface area contributed by atoms with E-state index in [-0.39, 0.29) is 11.7 Å². The third-order valence-electron chi connectivity index (χ3n) is 4.18. The molecule has 0 spiro atoms. The van der Waals surface area contributed by atoms with Gasteiger partial charge in [-0.2, -0.15) is 0 Å². The monoisotopic (exact) mass is 359 g/mol. The Morgan fingerprint density at radius 1 is 1.08 bits per heavy atom. The van der Waals surface area contributed by atoms with Gasteiger partial charge in [-0.25, -0.2) is 0 Å². The maximum atomic E-state index is 11.9. The summed E-state index contributed by atoms with van der Waals surface area (Å²) in [5, 5.41) is 2.75. The van der Waals surface area contributed by atoms with Crippen molar-refractivity contribution in [2.45, 2.75) is 39.3 Å². The first kappa shape index (κ1) is 22.1. The molecule has 0 aliphatic carbocycles. The predicted octanol–water partition coefficient (Wildman–Crippen LogP) is 2.53. The number of hydrogen-bond acceptors (Lipinski definition) is 4. The number of carbonyl (C=O) groups excluding carboxylic acids is 2. The molecule has 1 aliphatic rings. The predicted molar refractivity (Wildman–Crippen MR) is 108 cm³/mol. The molecule has 1 fully saturated rings. The van der Waals surface area contributed by atoms with Crippen molar-refractivity contribution >= 4 is 11.7 Å². The average Bonchev–Trinajstić information content (AvgIpc) is 2.86. The first-order valence-electron chi connectivity index (χ1n) is 9.17. The van der Waals surface area contributed by atoms with Crippen molar-refractivity contribution in [2.24, 2.45) is 5.92 Å². The second-order valence-corrected chi connectivity index (χ2v) is 7.32. The van der Waals surface area contributed by atoms with E-state index in [4.69, 9.17) is 0 Å². The summed E-state index contributed by atoms with van der Waals surface area (Å²) in [6.45, 7) is 7.62. The van der Waals surface area contributed by atoms with Crippen LogP contribution in [0.1, 0.15) is 27.2 Å². The largest absolute Gasteiger partial charge is 0.343 e. The van der Waals surface area contributed by atoms with Crippen LogP contribution in [-0.2, 0) is 9.59 Å². The summed E-state index contributed by atoms with van der Waals surface area (Å²) in [6, 6.07) is 0.0474. The van der Waals surface area contributed by atoms with E-state index < -0.39 is 6.04 Å². The molecule has 0 aromatic heterocycles. The molecule has 0 aromatic rings. The minimum atomic E-state index is -0.408. The normalized spacial score (nSPS) is 21.1. The van der Waals surface area contributed by atoms with Crippen molar-refractivity contribution in [3.63, 3.8) is 0 Å². The number of hydrogen-bond donors (Lipinski definition) is 1. The molecular weight excluding hydrogens is 326 g/mol. The van der Waals surface area contributed by atoms with Gasteiger partial charge in [-0.05, 0) is 33.4 Å². The Labute approximate surface area is 158 Å². The van der Waals surface area contributed by atoms with Crippen LogP contribution in [0.5, 0.6) is 0 Å². The number of amides is 1. The lowest BCUT2D eigenvalue weighted by molar-refractivity contribution is -0.124. The van der Waals surface area contributed by atoms with Crippen LogP contribution < -0.4 is 5.32 Å². The number of likely N-dealkylation sites (N-methyl/N-ethyl adjacent to an activating group) is 2. The molecule has 0 saturated carbocycles. The van der Waals surface area contributed by atoms with Gasteiger partial charge in [0.15, 0.2) is 5.78 Å². The first-order chi connectivity index (χ1) is 12.3. The van der Waals surface area contributed by atoms with Crippen molar-refractivity contribution < 1.29 is 9.59 Å². The fourth-order valence-corrected chi connectivity index (χ4v) is 2.82. The number of ketones is 1. The third-order valence-corrected chi connectivity index (χ3v) is 4.18. The molecule has 1 unspecified atom stereocenters. The van der Waals surface area contributed by atoms with Crippen LogP contribution in [0.15, 0.2) is 48.6 Å². The molecule has 1 rings (SSSR count). The number of Topliss-reactive ketones (excluding diaryl/α,β-unsaturated/α-hetero) is 1. The zero-order chi connectivity index (χ0) is 19.5. The van der Waals surface area contributed by atoms with Crippen LogP contribution in [0, 0.1) is 5.92 Å². The molecule has 1 N–H and O–H groups in total. The van der Waals surface area contributed by atoms with Crippen LogP contribution in [0.25, 0.3) is 0 Å². The van der Waals surface area contributed by atoms with Crippen molar-refractivity contribution in [1.29, 1.82) is 0 Å². The molecule has 5 heteroatoms. The fraction of sp³-hybridized carbons (Fsp3) is 0.524. The summed E-state index contributed by atoms with van der Waals surface area (Å²) in [6.07, 6.45) is 15.6. The zero-order valence-corrected chi connectivity index (χ0v) is 16.7. The van der Waals surface area contributed by atoms with E-state index in [1.54, 1.807) is 12.2 Å². The molecule has 1 heterocycles. The van der Waals surface area contributed by atoms with Gasteiger partial charge >= 0.3 is 0 Å². The number of rotatable bonds is 9. The summed E-state index contributed by atoms with van der Waals surface area (Å²) in [4.78, 5) is 28.0. The van der Waals surface area contributed by atoms with Crippen molar-refractivity contribution in [3.05, 3.63) is 48.6 Å². The summed E-state index contributed by atoms with van der Waals surface area (Å²) in [5.41, 5.74) is 0. The quantitative estimate of drug-likeness (QED) is 0.508. The second kappa shape index (κ2) is 11.6. The van der Waals surface area contributed by atoms with Crippen molar-refractivity contribution in [1.82, 2.24) is 15.1 Å². The van der Waals surface area contributed by atoms with E-state index >= 15 is 0 Å². The van der Waals surface area contributed by atoms with E-state index in [1.165, 1.54) is 13.0 Å². The highest BCUT2D eigenvalue weighted by molar-refractivity contribution is 5.92. The summed E-state index contributed by atoms with van der Waals surface area (Å²) < 4.78 is 0. The Kier molecular flexibility index (Phi) is 9.84. The lowest BCUT2D eigenvalue weighted by Gasteiger charge is -2.16. The highest BCUT2D eigenvalue weighted by Gasteiger charge is 2.21. The Morgan fingerprint density at radius 2 is 1.69 bits per heavy atom. The van der Waals surface area contributed by atoms with Crippen LogP contribution in [0.2, 0.25) is 0 Å². The number of nitrogens with one attached hydrogen (secondary N) is 1. The number of allylic oxidation sites excluding steroid dienone is 6. The van der Waals surface area contributed by atoms with E-state index in [1.807, 2.05) is 38.2 Å². The van der Waals surface area contributed by atoms with Crippen molar-refractivity contribution in [2.75, 3.05) is 27.3 Å². The minimum Gasteiger partial charge on any atom is -0.343 e. The third kappa shape index (κ3) is 8.92. The molecule has 0 aromatic carbocycles. The van der Waals surface area contributed by atoms with Crippen LogP contribution >= 0.6 is 0 Å². The molecule has 144 valence electrons. The maximum absolute atomic E-state index is 11.9. The molecule has 1 amide bonds. The Hall–Kier alpha value is -1.98. The van der Waals surface area contributed by atoms with Crippen LogP contribution in [-0.4, -0.2) is 60.9 Å². The SMILES string of the molecule is CC(=O)[C@H](CC(C)C)NC(=O)C=CC=CC=CC=CC1CN(C)CN1C. The molecule has 0 radical (unpaired) electrons. The van der Waals surface area contributed by atoms with Gasteiger partial charge in [0.2, 0.25) is 5.91 Å². The van der Waals surface area contributed by atoms with Crippen LogP contribution in [0.4, 0.5) is 0 Å². The number of carbonyl (C=O) groups is 2. The maximum Gasteiger partial charge on any atom is 0.244 e. The van der Waals surface area contributed by atoms with E-state index in [0.717, 1.165) is 13.2 Å². The Balaban J connectivity index is 2.35. The van der Waals surface area contributed by atoms with E-state index in [2.05, 4.69) is 35.3 Å². The van der Waals surface area contributed by atoms with Gasteiger partial charge in [0.1, 0.15) is 0 Å². The highest BCUT2D eigenvalue weighted by atomic mass is 16.2. The molecule has 1 saturated heterocycles. The van der Waals surface area contributed by atoms with Gasteiger partial charge in [0.05, 0.1) is 12.7 Å².